The Labute approximate surface area is 257 Å². The molecule has 1 atom stereocenters. The molecule has 226 valence electrons. The van der Waals surface area contributed by atoms with E-state index in [1.807, 2.05) is 29.7 Å². The van der Waals surface area contributed by atoms with Gasteiger partial charge in [0.25, 0.3) is 17.4 Å². The number of fused-ring (bicyclic) bond motifs is 2. The molecular weight excluding hydrogens is 581 g/mol. The normalized spacial score (nSPS) is 15.1. The first-order chi connectivity index (χ1) is 21.2. The topological polar surface area (TPSA) is 101 Å². The fraction of sp³-hybridized carbons (Fsp3) is 0.273. The van der Waals surface area contributed by atoms with Crippen molar-refractivity contribution in [3.8, 4) is 11.3 Å². The van der Waals surface area contributed by atoms with Gasteiger partial charge in [-0.3, -0.25) is 14.4 Å². The summed E-state index contributed by atoms with van der Waals surface area (Å²) < 4.78 is 23.3. The summed E-state index contributed by atoms with van der Waals surface area (Å²) in [5.74, 6) is -0.595. The fourth-order valence-corrected chi connectivity index (χ4v) is 6.38. The lowest BCUT2D eigenvalue weighted by Crippen LogP contribution is -2.40. The highest BCUT2D eigenvalue weighted by Gasteiger charge is 2.31. The molecule has 1 aliphatic rings. The molecule has 1 aliphatic heterocycles. The van der Waals surface area contributed by atoms with Crippen LogP contribution in [0.15, 0.2) is 69.9 Å². The number of amides is 2. The SMILES string of the molecule is CNC(=O)c1c(-c2ccc(F)cc2)oc2cc(N(C)SC)c([C@H]3CCCN(C(=O)c4nn(C)c(=O)c5ccccc45)C3)cc12. The van der Waals surface area contributed by atoms with E-state index in [0.717, 1.165) is 24.1 Å². The van der Waals surface area contributed by atoms with Gasteiger partial charge in [0.15, 0.2) is 5.69 Å². The second-order valence-corrected chi connectivity index (χ2v) is 11.8. The van der Waals surface area contributed by atoms with Crippen LogP contribution in [0.5, 0.6) is 0 Å². The van der Waals surface area contributed by atoms with Gasteiger partial charge in [-0.2, -0.15) is 5.10 Å². The minimum Gasteiger partial charge on any atom is -0.455 e. The second kappa shape index (κ2) is 11.8. The lowest BCUT2D eigenvalue weighted by Gasteiger charge is -2.35. The lowest BCUT2D eigenvalue weighted by molar-refractivity contribution is 0.0701. The summed E-state index contributed by atoms with van der Waals surface area (Å²) in [5.41, 5.74) is 3.40. The van der Waals surface area contributed by atoms with Gasteiger partial charge in [0, 0.05) is 68.8 Å². The van der Waals surface area contributed by atoms with Crippen molar-refractivity contribution in [2.75, 3.05) is 37.7 Å². The van der Waals surface area contributed by atoms with E-state index in [4.69, 9.17) is 4.42 Å². The van der Waals surface area contributed by atoms with Gasteiger partial charge in [0.1, 0.15) is 17.2 Å². The predicted molar refractivity (Wildman–Crippen MR) is 172 cm³/mol. The van der Waals surface area contributed by atoms with Gasteiger partial charge in [-0.1, -0.05) is 30.1 Å². The van der Waals surface area contributed by atoms with Crippen LogP contribution in [0.25, 0.3) is 33.1 Å². The molecule has 5 aromatic rings. The average Bonchev–Trinajstić information content (AvgIpc) is 3.43. The number of furan rings is 1. The zero-order valence-corrected chi connectivity index (χ0v) is 25.7. The van der Waals surface area contributed by atoms with E-state index in [1.165, 1.54) is 16.8 Å². The molecule has 3 heterocycles. The van der Waals surface area contributed by atoms with Crippen LogP contribution in [-0.2, 0) is 7.05 Å². The number of hydrogen-bond acceptors (Lipinski definition) is 7. The van der Waals surface area contributed by atoms with Crippen LogP contribution in [0.2, 0.25) is 0 Å². The zero-order valence-electron chi connectivity index (χ0n) is 24.9. The van der Waals surface area contributed by atoms with E-state index in [9.17, 15) is 18.8 Å². The first-order valence-electron chi connectivity index (χ1n) is 14.3. The Morgan fingerprint density at radius 2 is 1.82 bits per heavy atom. The van der Waals surface area contributed by atoms with Gasteiger partial charge in [-0.05, 0) is 54.8 Å². The number of hydrogen-bond donors (Lipinski definition) is 1. The van der Waals surface area contributed by atoms with Gasteiger partial charge in [-0.25, -0.2) is 9.07 Å². The zero-order chi connectivity index (χ0) is 31.1. The van der Waals surface area contributed by atoms with Crippen LogP contribution in [-0.4, -0.2) is 59.9 Å². The highest BCUT2D eigenvalue weighted by Crippen LogP contribution is 2.42. The van der Waals surface area contributed by atoms with Gasteiger partial charge < -0.3 is 18.9 Å². The molecule has 0 radical (unpaired) electrons. The third kappa shape index (κ3) is 5.11. The summed E-state index contributed by atoms with van der Waals surface area (Å²) in [4.78, 5) is 41.7. The number of nitrogens with zero attached hydrogens (tertiary/aromatic N) is 4. The molecule has 3 aromatic carbocycles. The van der Waals surface area contributed by atoms with E-state index in [-0.39, 0.29) is 34.8 Å². The standard InChI is InChI=1S/C33H32FN5O4S/c1-35-31(40)28-25-16-24(26(38(3)44-4)17-27(25)43-30(28)19-11-13-21(34)14-12-19)20-8-7-15-39(18-20)33(42)29-22-9-5-6-10-23(22)32(41)37(2)36-29/h5-6,9-14,16-17,20H,7-8,15,18H2,1-4H3,(H,35,40)/t20-/m0/s1. The number of carbonyl (C=O) groups is 2. The molecule has 0 aliphatic carbocycles. The summed E-state index contributed by atoms with van der Waals surface area (Å²) in [6.45, 7) is 1.00. The Morgan fingerprint density at radius 3 is 2.52 bits per heavy atom. The van der Waals surface area contributed by atoms with Crippen molar-refractivity contribution in [3.63, 3.8) is 0 Å². The first-order valence-corrected chi connectivity index (χ1v) is 15.5. The quantitative estimate of drug-likeness (QED) is 0.250. The number of nitrogens with one attached hydrogen (secondary N) is 1. The number of anilines is 1. The Kier molecular flexibility index (Phi) is 7.89. The van der Waals surface area contributed by atoms with E-state index in [1.54, 1.807) is 67.3 Å². The molecule has 6 rings (SSSR count). The minimum atomic E-state index is -0.380. The van der Waals surface area contributed by atoms with Crippen molar-refractivity contribution in [2.24, 2.45) is 7.05 Å². The summed E-state index contributed by atoms with van der Waals surface area (Å²) in [6, 6.07) is 16.8. The molecule has 0 unspecified atom stereocenters. The maximum absolute atomic E-state index is 13.9. The minimum absolute atomic E-state index is 0.0396. The van der Waals surface area contributed by atoms with Gasteiger partial charge in [0.05, 0.1) is 16.6 Å². The van der Waals surface area contributed by atoms with Crippen molar-refractivity contribution in [1.29, 1.82) is 0 Å². The number of aromatic nitrogens is 2. The van der Waals surface area contributed by atoms with Crippen molar-refractivity contribution < 1.29 is 18.4 Å². The van der Waals surface area contributed by atoms with Crippen LogP contribution in [0.4, 0.5) is 10.1 Å². The first kappa shape index (κ1) is 29.4. The lowest BCUT2D eigenvalue weighted by atomic mass is 9.87. The molecule has 2 aromatic heterocycles. The maximum atomic E-state index is 13.9. The summed E-state index contributed by atoms with van der Waals surface area (Å²) >= 11 is 1.54. The van der Waals surface area contributed by atoms with Gasteiger partial charge in [-0.15, -0.1) is 0 Å². The Balaban J connectivity index is 1.45. The van der Waals surface area contributed by atoms with Crippen molar-refractivity contribution in [2.45, 2.75) is 18.8 Å². The van der Waals surface area contributed by atoms with E-state index in [0.29, 0.717) is 51.7 Å². The number of rotatable bonds is 6. The predicted octanol–water partition coefficient (Wildman–Crippen LogP) is 5.58. The van der Waals surface area contributed by atoms with Crippen molar-refractivity contribution in [1.82, 2.24) is 20.0 Å². The highest BCUT2D eigenvalue weighted by atomic mass is 32.2. The number of piperidine rings is 1. The summed E-state index contributed by atoms with van der Waals surface area (Å²) in [7, 11) is 5.08. The molecule has 11 heteroatoms. The molecule has 0 spiro atoms. The molecule has 0 bridgehead atoms. The molecule has 44 heavy (non-hydrogen) atoms. The summed E-state index contributed by atoms with van der Waals surface area (Å²) in [5, 5.41) is 8.73. The summed E-state index contributed by atoms with van der Waals surface area (Å²) in [6.07, 6.45) is 3.59. The van der Waals surface area contributed by atoms with Gasteiger partial charge >= 0.3 is 0 Å². The largest absolute Gasteiger partial charge is 0.455 e. The van der Waals surface area contributed by atoms with Crippen molar-refractivity contribution in [3.05, 3.63) is 93.7 Å². The molecule has 1 N–H and O–H groups in total. The van der Waals surface area contributed by atoms with Crippen LogP contribution >= 0.6 is 11.9 Å². The number of likely N-dealkylation sites (tertiary alicyclic amines) is 1. The molecular formula is C33H32FN5O4S. The van der Waals surface area contributed by atoms with Crippen LogP contribution in [0.1, 0.15) is 45.2 Å². The highest BCUT2D eigenvalue weighted by molar-refractivity contribution is 7.99. The van der Waals surface area contributed by atoms with Crippen LogP contribution in [0.3, 0.4) is 0 Å². The van der Waals surface area contributed by atoms with Crippen LogP contribution < -0.4 is 15.2 Å². The molecule has 1 saturated heterocycles. The fourth-order valence-electron chi connectivity index (χ4n) is 6.02. The number of halogens is 1. The smallest absolute Gasteiger partial charge is 0.274 e. The molecule has 1 fully saturated rings. The maximum Gasteiger partial charge on any atom is 0.274 e. The van der Waals surface area contributed by atoms with E-state index in [2.05, 4.69) is 10.4 Å². The third-order valence-electron chi connectivity index (χ3n) is 8.32. The molecule has 2 amide bonds. The van der Waals surface area contributed by atoms with E-state index >= 15 is 0 Å². The Hall–Kier alpha value is -4.64. The molecule has 0 saturated carbocycles. The Bertz CT molecular complexity index is 1970. The second-order valence-electron chi connectivity index (χ2n) is 10.9. The number of carbonyl (C=O) groups excluding carboxylic acids is 2. The average molecular weight is 614 g/mol. The van der Waals surface area contributed by atoms with Crippen LogP contribution in [0, 0.1) is 5.82 Å². The van der Waals surface area contributed by atoms with Gasteiger partial charge in [0.2, 0.25) is 0 Å². The van der Waals surface area contributed by atoms with E-state index < -0.39 is 0 Å². The number of benzene rings is 3. The molecule has 9 nitrogen and oxygen atoms in total. The third-order valence-corrected chi connectivity index (χ3v) is 9.06. The monoisotopic (exact) mass is 613 g/mol. The number of aryl methyl sites for hydroxylation is 1. The Morgan fingerprint density at radius 1 is 1.09 bits per heavy atom. The van der Waals surface area contributed by atoms with Crippen molar-refractivity contribution >= 4 is 51.2 Å².